The van der Waals surface area contributed by atoms with Gasteiger partial charge in [0.2, 0.25) is 0 Å². The van der Waals surface area contributed by atoms with Gasteiger partial charge in [0.25, 0.3) is 0 Å². The lowest BCUT2D eigenvalue weighted by molar-refractivity contribution is 0.414. The molecule has 1 aliphatic rings. The average molecular weight is 309 g/mol. The van der Waals surface area contributed by atoms with Crippen molar-refractivity contribution in [3.63, 3.8) is 0 Å². The summed E-state index contributed by atoms with van der Waals surface area (Å²) in [6.45, 7) is 5.49. The van der Waals surface area contributed by atoms with Crippen LogP contribution in [0.1, 0.15) is 48.4 Å². The first-order valence-electron chi connectivity index (χ1n) is 8.71. The first-order valence-corrected chi connectivity index (χ1v) is 8.71. The van der Waals surface area contributed by atoms with Crippen molar-refractivity contribution in [2.45, 2.75) is 45.1 Å². The molecular formula is C21H27NO. The number of benzene rings is 2. The molecule has 0 spiro atoms. The van der Waals surface area contributed by atoms with Crippen molar-refractivity contribution in [3.05, 3.63) is 64.7 Å². The van der Waals surface area contributed by atoms with Gasteiger partial charge in [-0.1, -0.05) is 37.3 Å². The first-order chi connectivity index (χ1) is 11.2. The van der Waals surface area contributed by atoms with Gasteiger partial charge in [-0.15, -0.1) is 0 Å². The summed E-state index contributed by atoms with van der Waals surface area (Å²) in [6, 6.07) is 16.1. The van der Waals surface area contributed by atoms with Gasteiger partial charge in [-0.05, 0) is 67.1 Å². The molecule has 1 aliphatic carbocycles. The molecule has 0 aromatic heterocycles. The third-order valence-corrected chi connectivity index (χ3v) is 4.96. The Kier molecular flexibility index (Phi) is 5.02. The molecule has 2 aromatic rings. The second-order valence-electron chi connectivity index (χ2n) is 6.51. The maximum Gasteiger partial charge on any atom is 0.119 e. The molecule has 0 saturated heterocycles. The van der Waals surface area contributed by atoms with E-state index in [2.05, 4.69) is 61.6 Å². The van der Waals surface area contributed by atoms with Gasteiger partial charge >= 0.3 is 0 Å². The Bertz CT molecular complexity index is 665. The quantitative estimate of drug-likeness (QED) is 0.888. The Morgan fingerprint density at radius 1 is 1.09 bits per heavy atom. The van der Waals surface area contributed by atoms with Crippen LogP contribution in [-0.2, 0) is 12.8 Å². The molecule has 1 N–H and O–H groups in total. The van der Waals surface area contributed by atoms with Gasteiger partial charge in [-0.25, -0.2) is 0 Å². The molecule has 0 heterocycles. The summed E-state index contributed by atoms with van der Waals surface area (Å²) in [5.74, 6) is 1.43. The van der Waals surface area contributed by atoms with Crippen LogP contribution in [0.4, 0.5) is 0 Å². The Labute approximate surface area is 139 Å². The Morgan fingerprint density at radius 3 is 2.61 bits per heavy atom. The zero-order chi connectivity index (χ0) is 16.2. The van der Waals surface area contributed by atoms with Gasteiger partial charge in [0.15, 0.2) is 0 Å². The number of methoxy groups -OCH3 is 1. The van der Waals surface area contributed by atoms with Crippen molar-refractivity contribution >= 4 is 0 Å². The number of hydrogen-bond acceptors (Lipinski definition) is 2. The highest BCUT2D eigenvalue weighted by Gasteiger charge is 2.25. The maximum atomic E-state index is 5.44. The van der Waals surface area contributed by atoms with Crippen LogP contribution in [0.3, 0.4) is 0 Å². The maximum absolute atomic E-state index is 5.44. The van der Waals surface area contributed by atoms with E-state index in [9.17, 15) is 0 Å². The Balaban J connectivity index is 2.03. The minimum Gasteiger partial charge on any atom is -0.497 e. The van der Waals surface area contributed by atoms with E-state index in [1.54, 1.807) is 7.11 Å². The highest BCUT2D eigenvalue weighted by atomic mass is 16.5. The van der Waals surface area contributed by atoms with E-state index < -0.39 is 0 Å². The van der Waals surface area contributed by atoms with Crippen molar-refractivity contribution in [1.29, 1.82) is 0 Å². The van der Waals surface area contributed by atoms with Crippen LogP contribution >= 0.6 is 0 Å². The molecule has 0 fully saturated rings. The van der Waals surface area contributed by atoms with Gasteiger partial charge < -0.3 is 10.1 Å². The van der Waals surface area contributed by atoms with Gasteiger partial charge in [0.05, 0.1) is 7.11 Å². The summed E-state index contributed by atoms with van der Waals surface area (Å²) in [7, 11) is 1.75. The van der Waals surface area contributed by atoms with E-state index in [1.807, 2.05) is 0 Å². The number of nitrogens with one attached hydrogen (secondary N) is 1. The van der Waals surface area contributed by atoms with E-state index in [-0.39, 0.29) is 0 Å². The molecule has 0 amide bonds. The molecule has 2 aromatic carbocycles. The lowest BCUT2D eigenvalue weighted by Gasteiger charge is -2.24. The number of aryl methyl sites for hydroxylation is 2. The molecule has 122 valence electrons. The molecule has 2 unspecified atom stereocenters. The molecule has 2 atom stereocenters. The minimum atomic E-state index is 0.462. The standard InChI is InChI=1S/C21H27NO/c1-4-22-15(2)13-21-19-8-6-5-7-16(19)9-10-17-14-18(23-3)11-12-20(17)21/h5-8,11-12,14-15,21-22H,4,9-10,13H2,1-3H3. The van der Waals surface area contributed by atoms with Gasteiger partial charge in [-0.3, -0.25) is 0 Å². The van der Waals surface area contributed by atoms with E-state index in [1.165, 1.54) is 22.3 Å². The van der Waals surface area contributed by atoms with Crippen LogP contribution in [0.15, 0.2) is 42.5 Å². The monoisotopic (exact) mass is 309 g/mol. The largest absolute Gasteiger partial charge is 0.497 e. The predicted molar refractivity (Wildman–Crippen MR) is 96.4 cm³/mol. The molecule has 3 rings (SSSR count). The fourth-order valence-electron chi connectivity index (χ4n) is 3.84. The highest BCUT2D eigenvalue weighted by molar-refractivity contribution is 5.47. The van der Waals surface area contributed by atoms with E-state index in [0.29, 0.717) is 12.0 Å². The van der Waals surface area contributed by atoms with Crippen molar-refractivity contribution < 1.29 is 4.74 Å². The van der Waals surface area contributed by atoms with Crippen LogP contribution < -0.4 is 10.1 Å². The third-order valence-electron chi connectivity index (χ3n) is 4.96. The fourth-order valence-corrected chi connectivity index (χ4v) is 3.84. The lowest BCUT2D eigenvalue weighted by Crippen LogP contribution is -2.28. The second kappa shape index (κ2) is 7.18. The Hall–Kier alpha value is -1.80. The van der Waals surface area contributed by atoms with Crippen molar-refractivity contribution in [1.82, 2.24) is 5.32 Å². The first kappa shape index (κ1) is 16.1. The van der Waals surface area contributed by atoms with Gasteiger partial charge in [-0.2, -0.15) is 0 Å². The second-order valence-corrected chi connectivity index (χ2v) is 6.51. The summed E-state index contributed by atoms with van der Waals surface area (Å²) in [5.41, 5.74) is 5.91. The number of rotatable bonds is 5. The summed E-state index contributed by atoms with van der Waals surface area (Å²) in [6.07, 6.45) is 3.34. The van der Waals surface area contributed by atoms with E-state index in [0.717, 1.165) is 31.6 Å². The van der Waals surface area contributed by atoms with Gasteiger partial charge in [0, 0.05) is 12.0 Å². The number of hydrogen-bond donors (Lipinski definition) is 1. The zero-order valence-corrected chi connectivity index (χ0v) is 14.4. The Morgan fingerprint density at radius 2 is 1.83 bits per heavy atom. The van der Waals surface area contributed by atoms with Crippen molar-refractivity contribution in [3.8, 4) is 5.75 Å². The molecule has 0 radical (unpaired) electrons. The highest BCUT2D eigenvalue weighted by Crippen LogP contribution is 2.38. The molecular weight excluding hydrogens is 282 g/mol. The summed E-state index contributed by atoms with van der Waals surface area (Å²) >= 11 is 0. The fraction of sp³-hybridized carbons (Fsp3) is 0.429. The van der Waals surface area contributed by atoms with E-state index in [4.69, 9.17) is 4.74 Å². The minimum absolute atomic E-state index is 0.462. The zero-order valence-electron chi connectivity index (χ0n) is 14.4. The van der Waals surface area contributed by atoms with Gasteiger partial charge in [0.1, 0.15) is 5.75 Å². The summed E-state index contributed by atoms with van der Waals surface area (Å²) in [4.78, 5) is 0. The summed E-state index contributed by atoms with van der Waals surface area (Å²) in [5, 5.41) is 3.57. The third kappa shape index (κ3) is 3.42. The van der Waals surface area contributed by atoms with Crippen LogP contribution in [0.25, 0.3) is 0 Å². The lowest BCUT2D eigenvalue weighted by atomic mass is 9.83. The van der Waals surface area contributed by atoms with Crippen LogP contribution in [0.2, 0.25) is 0 Å². The topological polar surface area (TPSA) is 21.3 Å². The smallest absolute Gasteiger partial charge is 0.119 e. The molecule has 0 aliphatic heterocycles. The predicted octanol–water partition coefficient (Wildman–Crippen LogP) is 4.31. The van der Waals surface area contributed by atoms with Crippen molar-refractivity contribution in [2.75, 3.05) is 13.7 Å². The molecule has 0 bridgehead atoms. The number of fused-ring (bicyclic) bond motifs is 2. The molecule has 0 saturated carbocycles. The molecule has 2 nitrogen and oxygen atoms in total. The molecule has 23 heavy (non-hydrogen) atoms. The SMILES string of the molecule is CCNC(C)CC1c2ccccc2CCc2cc(OC)ccc21. The van der Waals surface area contributed by atoms with E-state index >= 15 is 0 Å². The average Bonchev–Trinajstić information content (AvgIpc) is 2.72. The van der Waals surface area contributed by atoms with Crippen LogP contribution in [0.5, 0.6) is 5.75 Å². The normalized spacial score (nSPS) is 17.8. The van der Waals surface area contributed by atoms with Crippen LogP contribution in [-0.4, -0.2) is 19.7 Å². The summed E-state index contributed by atoms with van der Waals surface area (Å²) < 4.78 is 5.44. The van der Waals surface area contributed by atoms with Crippen LogP contribution in [0, 0.1) is 0 Å². The number of ether oxygens (including phenoxy) is 1. The van der Waals surface area contributed by atoms with Crippen molar-refractivity contribution in [2.24, 2.45) is 0 Å². The molecule has 2 heteroatoms.